The molecule has 11 heavy (non-hydrogen) atoms. The summed E-state index contributed by atoms with van der Waals surface area (Å²) >= 11 is 0. The van der Waals surface area contributed by atoms with Crippen molar-refractivity contribution in [2.24, 2.45) is 5.92 Å². The van der Waals surface area contributed by atoms with E-state index in [-0.39, 0.29) is 0 Å². The van der Waals surface area contributed by atoms with Gasteiger partial charge in [-0.05, 0) is 31.6 Å². The molecule has 0 nitrogen and oxygen atoms in total. The standard InChI is InChI=1S/C11H22/c1-5-11(6-2)9-7-8-10(3)4/h9-10H,5-8H2,1-4H3. The second kappa shape index (κ2) is 6.45. The predicted octanol–water partition coefficient (Wildman–Crippen LogP) is 4.17. The van der Waals surface area contributed by atoms with E-state index in [2.05, 4.69) is 33.8 Å². The monoisotopic (exact) mass is 154 g/mol. The van der Waals surface area contributed by atoms with Crippen LogP contribution in [0.15, 0.2) is 11.6 Å². The molecule has 0 radical (unpaired) electrons. The predicted molar refractivity (Wildman–Crippen MR) is 52.7 cm³/mol. The Morgan fingerprint density at radius 1 is 1.18 bits per heavy atom. The Bertz CT molecular complexity index is 103. The topological polar surface area (TPSA) is 0 Å². The van der Waals surface area contributed by atoms with Crippen molar-refractivity contribution in [3.05, 3.63) is 11.6 Å². The van der Waals surface area contributed by atoms with Gasteiger partial charge in [0.1, 0.15) is 0 Å². The van der Waals surface area contributed by atoms with E-state index in [1.807, 2.05) is 0 Å². The highest BCUT2D eigenvalue weighted by Gasteiger charge is 1.92. The van der Waals surface area contributed by atoms with Gasteiger partial charge in [0.15, 0.2) is 0 Å². The summed E-state index contributed by atoms with van der Waals surface area (Å²) in [4.78, 5) is 0. The van der Waals surface area contributed by atoms with Gasteiger partial charge in [-0.1, -0.05) is 39.3 Å². The third-order valence-electron chi connectivity index (χ3n) is 2.09. The summed E-state index contributed by atoms with van der Waals surface area (Å²) in [5, 5.41) is 0. The molecule has 0 spiro atoms. The average Bonchev–Trinajstić information content (AvgIpc) is 1.98. The Kier molecular flexibility index (Phi) is 6.30. The van der Waals surface area contributed by atoms with Gasteiger partial charge >= 0.3 is 0 Å². The van der Waals surface area contributed by atoms with E-state index in [4.69, 9.17) is 0 Å². The van der Waals surface area contributed by atoms with E-state index in [1.165, 1.54) is 25.7 Å². The van der Waals surface area contributed by atoms with E-state index < -0.39 is 0 Å². The zero-order valence-corrected chi connectivity index (χ0v) is 8.48. The zero-order chi connectivity index (χ0) is 8.69. The molecule has 0 atom stereocenters. The van der Waals surface area contributed by atoms with Crippen LogP contribution in [0.2, 0.25) is 0 Å². The molecule has 0 rings (SSSR count). The molecule has 0 aromatic heterocycles. The average molecular weight is 154 g/mol. The Hall–Kier alpha value is -0.260. The maximum Gasteiger partial charge on any atom is -0.0346 e. The molecule has 66 valence electrons. The van der Waals surface area contributed by atoms with Crippen LogP contribution in [0.4, 0.5) is 0 Å². The molecule has 0 aliphatic rings. The van der Waals surface area contributed by atoms with Crippen molar-refractivity contribution >= 4 is 0 Å². The summed E-state index contributed by atoms with van der Waals surface area (Å²) in [6, 6.07) is 0. The lowest BCUT2D eigenvalue weighted by molar-refractivity contribution is 0.592. The SMILES string of the molecule is CCC(=CCCC(C)C)CC. The fourth-order valence-electron chi connectivity index (χ4n) is 1.16. The first kappa shape index (κ1) is 10.7. The maximum absolute atomic E-state index is 2.42. The highest BCUT2D eigenvalue weighted by molar-refractivity contribution is 4.99. The Balaban J connectivity index is 3.53. The maximum atomic E-state index is 2.42. The van der Waals surface area contributed by atoms with E-state index >= 15 is 0 Å². The van der Waals surface area contributed by atoms with Crippen molar-refractivity contribution < 1.29 is 0 Å². The molecule has 0 saturated heterocycles. The van der Waals surface area contributed by atoms with E-state index in [9.17, 15) is 0 Å². The van der Waals surface area contributed by atoms with Gasteiger partial charge in [0, 0.05) is 0 Å². The van der Waals surface area contributed by atoms with Gasteiger partial charge in [-0.25, -0.2) is 0 Å². The minimum absolute atomic E-state index is 0.848. The summed E-state index contributed by atoms with van der Waals surface area (Å²) in [7, 11) is 0. The first-order valence-electron chi connectivity index (χ1n) is 4.88. The van der Waals surface area contributed by atoms with E-state index in [0.29, 0.717) is 0 Å². The van der Waals surface area contributed by atoms with Crippen LogP contribution < -0.4 is 0 Å². The van der Waals surface area contributed by atoms with Crippen LogP contribution >= 0.6 is 0 Å². The largest absolute Gasteiger partial charge is 0.0853 e. The van der Waals surface area contributed by atoms with Crippen molar-refractivity contribution in [3.8, 4) is 0 Å². The quantitative estimate of drug-likeness (QED) is 0.521. The van der Waals surface area contributed by atoms with Crippen LogP contribution in [0.25, 0.3) is 0 Å². The second-order valence-electron chi connectivity index (χ2n) is 3.54. The highest BCUT2D eigenvalue weighted by Crippen LogP contribution is 2.10. The Labute approximate surface area is 71.7 Å². The molecule has 0 heterocycles. The molecule has 0 heteroatoms. The van der Waals surface area contributed by atoms with Gasteiger partial charge in [-0.3, -0.25) is 0 Å². The van der Waals surface area contributed by atoms with E-state index in [1.54, 1.807) is 5.57 Å². The molecule has 0 aliphatic heterocycles. The van der Waals surface area contributed by atoms with Gasteiger partial charge < -0.3 is 0 Å². The normalized spacial score (nSPS) is 10.3. The molecule has 0 aliphatic carbocycles. The summed E-state index contributed by atoms with van der Waals surface area (Å²) < 4.78 is 0. The fourth-order valence-corrected chi connectivity index (χ4v) is 1.16. The first-order valence-corrected chi connectivity index (χ1v) is 4.88. The smallest absolute Gasteiger partial charge is 0.0346 e. The molecule has 0 saturated carbocycles. The fraction of sp³-hybridized carbons (Fsp3) is 0.818. The minimum atomic E-state index is 0.848. The van der Waals surface area contributed by atoms with Crippen molar-refractivity contribution in [1.29, 1.82) is 0 Å². The van der Waals surface area contributed by atoms with Crippen LogP contribution in [0.5, 0.6) is 0 Å². The van der Waals surface area contributed by atoms with Crippen molar-refractivity contribution in [1.82, 2.24) is 0 Å². The Morgan fingerprint density at radius 3 is 2.09 bits per heavy atom. The molecule has 0 unspecified atom stereocenters. The Morgan fingerprint density at radius 2 is 1.73 bits per heavy atom. The number of allylic oxidation sites excluding steroid dienone is 2. The number of rotatable bonds is 5. The molecular weight excluding hydrogens is 132 g/mol. The van der Waals surface area contributed by atoms with Crippen LogP contribution in [-0.2, 0) is 0 Å². The van der Waals surface area contributed by atoms with Crippen LogP contribution in [-0.4, -0.2) is 0 Å². The van der Waals surface area contributed by atoms with Crippen LogP contribution in [0, 0.1) is 5.92 Å². The molecule has 0 amide bonds. The number of hydrogen-bond donors (Lipinski definition) is 0. The minimum Gasteiger partial charge on any atom is -0.0853 e. The molecular formula is C11H22. The highest BCUT2D eigenvalue weighted by atomic mass is 14.0. The lowest BCUT2D eigenvalue weighted by atomic mass is 10.0. The third-order valence-corrected chi connectivity index (χ3v) is 2.09. The van der Waals surface area contributed by atoms with Crippen molar-refractivity contribution in [2.45, 2.75) is 53.4 Å². The molecule has 0 aromatic rings. The van der Waals surface area contributed by atoms with Crippen molar-refractivity contribution in [2.75, 3.05) is 0 Å². The second-order valence-corrected chi connectivity index (χ2v) is 3.54. The summed E-state index contributed by atoms with van der Waals surface area (Å²) in [5.41, 5.74) is 1.62. The van der Waals surface area contributed by atoms with Crippen LogP contribution in [0.1, 0.15) is 53.4 Å². The van der Waals surface area contributed by atoms with Gasteiger partial charge in [0.05, 0.1) is 0 Å². The van der Waals surface area contributed by atoms with Gasteiger partial charge in [-0.2, -0.15) is 0 Å². The van der Waals surface area contributed by atoms with Gasteiger partial charge in [-0.15, -0.1) is 0 Å². The molecule has 0 aromatic carbocycles. The summed E-state index contributed by atoms with van der Waals surface area (Å²) in [5.74, 6) is 0.848. The van der Waals surface area contributed by atoms with Gasteiger partial charge in [0.25, 0.3) is 0 Å². The first-order chi connectivity index (χ1) is 5.20. The van der Waals surface area contributed by atoms with Gasteiger partial charge in [0.2, 0.25) is 0 Å². The van der Waals surface area contributed by atoms with Crippen molar-refractivity contribution in [3.63, 3.8) is 0 Å². The van der Waals surface area contributed by atoms with Crippen LogP contribution in [0.3, 0.4) is 0 Å². The molecule has 0 fully saturated rings. The lowest BCUT2D eigenvalue weighted by Gasteiger charge is -2.02. The van der Waals surface area contributed by atoms with E-state index in [0.717, 1.165) is 5.92 Å². The molecule has 0 N–H and O–H groups in total. The zero-order valence-electron chi connectivity index (χ0n) is 8.48. The summed E-state index contributed by atoms with van der Waals surface area (Å²) in [6.07, 6.45) is 7.49. The lowest BCUT2D eigenvalue weighted by Crippen LogP contribution is -1.85. The number of hydrogen-bond acceptors (Lipinski definition) is 0. The molecule has 0 bridgehead atoms. The third kappa shape index (κ3) is 6.15. The summed E-state index contributed by atoms with van der Waals surface area (Å²) in [6.45, 7) is 9.05.